The third kappa shape index (κ3) is 3.52. The molecule has 94 valence electrons. The van der Waals surface area contributed by atoms with Gasteiger partial charge in [-0.05, 0) is 17.1 Å². The van der Waals surface area contributed by atoms with Gasteiger partial charge < -0.3 is 15.2 Å². The van der Waals surface area contributed by atoms with Crippen LogP contribution >= 0.6 is 11.6 Å². The zero-order valence-electron chi connectivity index (χ0n) is 8.78. The van der Waals surface area contributed by atoms with Crippen LogP contribution in [-0.2, 0) is 4.79 Å². The van der Waals surface area contributed by atoms with Gasteiger partial charge in [-0.25, -0.2) is 14.8 Å². The van der Waals surface area contributed by atoms with E-state index in [1.165, 1.54) is 18.3 Å². The molecule has 0 fully saturated rings. The average molecular weight is 271 g/mol. The highest BCUT2D eigenvalue weighted by Crippen LogP contribution is 2.20. The van der Waals surface area contributed by atoms with Crippen molar-refractivity contribution in [3.63, 3.8) is 0 Å². The van der Waals surface area contributed by atoms with Crippen LogP contribution in [0.25, 0.3) is 0 Å². The second kappa shape index (κ2) is 5.73. The summed E-state index contributed by atoms with van der Waals surface area (Å²) in [7, 11) is 0. The molecule has 0 spiro atoms. The lowest BCUT2D eigenvalue weighted by atomic mass is 10.3. The second-order valence-electron chi connectivity index (χ2n) is 2.94. The minimum absolute atomic E-state index is 0.0658. The van der Waals surface area contributed by atoms with Crippen molar-refractivity contribution in [2.45, 2.75) is 0 Å². The van der Waals surface area contributed by atoms with Crippen LogP contribution in [0.3, 0.4) is 0 Å². The number of carboxylic acids is 1. The van der Waals surface area contributed by atoms with Crippen LogP contribution in [0.2, 0.25) is 5.02 Å². The van der Waals surface area contributed by atoms with E-state index in [4.69, 9.17) is 22.4 Å². The summed E-state index contributed by atoms with van der Waals surface area (Å²) in [6, 6.07) is 2.98. The molecule has 18 heavy (non-hydrogen) atoms. The van der Waals surface area contributed by atoms with Crippen molar-refractivity contribution in [1.29, 1.82) is 0 Å². The summed E-state index contributed by atoms with van der Waals surface area (Å²) in [5, 5.41) is 19.2. The van der Waals surface area contributed by atoms with E-state index in [1.54, 1.807) is 0 Å². The number of hydrogen-bond donors (Lipinski definition) is 2. The summed E-state index contributed by atoms with van der Waals surface area (Å²) in [4.78, 5) is 27.5. The largest absolute Gasteiger partial charge is 0.477 e. The highest BCUT2D eigenvalue weighted by molar-refractivity contribution is 6.41. The third-order valence-corrected chi connectivity index (χ3v) is 1.97. The monoisotopic (exact) mass is 270 g/mol. The molecule has 0 saturated heterocycles. The van der Waals surface area contributed by atoms with Gasteiger partial charge in [0.1, 0.15) is 0 Å². The lowest BCUT2D eigenvalue weighted by Crippen LogP contribution is -2.16. The van der Waals surface area contributed by atoms with Crippen LogP contribution < -0.4 is 5.73 Å². The smallest absolute Gasteiger partial charge is 0.354 e. The number of carbonyl (C=O) groups is 1. The van der Waals surface area contributed by atoms with Gasteiger partial charge in [0, 0.05) is 6.20 Å². The molecule has 0 saturated carbocycles. The minimum atomic E-state index is -1.48. The van der Waals surface area contributed by atoms with E-state index in [0.717, 1.165) is 0 Å². The fourth-order valence-corrected chi connectivity index (χ4v) is 1.07. The quantitative estimate of drug-likeness (QED) is 0.476. The molecule has 0 aliphatic carbocycles. The van der Waals surface area contributed by atoms with E-state index in [0.29, 0.717) is 6.08 Å². The number of aliphatic imine (C=N–C) groups is 1. The van der Waals surface area contributed by atoms with Crippen LogP contribution in [0.1, 0.15) is 0 Å². The van der Waals surface area contributed by atoms with Gasteiger partial charge in [-0.1, -0.05) is 11.6 Å². The molecule has 1 aromatic heterocycles. The van der Waals surface area contributed by atoms with Crippen molar-refractivity contribution in [3.8, 4) is 0 Å². The summed E-state index contributed by atoms with van der Waals surface area (Å²) < 4.78 is 0. The van der Waals surface area contributed by atoms with E-state index in [2.05, 4.69) is 9.98 Å². The number of rotatable bonds is 4. The normalized spacial score (nSPS) is 12.3. The molecule has 0 radical (unpaired) electrons. The Hall–Kier alpha value is -2.48. The highest BCUT2D eigenvalue weighted by Gasteiger charge is 2.13. The molecular formula is C9H7ClN4O4. The predicted octanol–water partition coefficient (Wildman–Crippen LogP) is 0.969. The van der Waals surface area contributed by atoms with Crippen LogP contribution in [0.4, 0.5) is 5.82 Å². The summed E-state index contributed by atoms with van der Waals surface area (Å²) >= 11 is 5.72. The van der Waals surface area contributed by atoms with Gasteiger partial charge in [-0.3, -0.25) is 5.73 Å². The molecular weight excluding hydrogens is 264 g/mol. The molecule has 0 amide bonds. The Labute approximate surface area is 106 Å². The molecule has 0 bridgehead atoms. The first kappa shape index (κ1) is 13.6. The molecule has 0 unspecified atom stereocenters. The van der Waals surface area contributed by atoms with E-state index in [9.17, 15) is 14.9 Å². The molecule has 0 atom stereocenters. The highest BCUT2D eigenvalue weighted by atomic mass is 35.5. The first-order valence-electron chi connectivity index (χ1n) is 4.46. The molecule has 0 aliphatic rings. The fraction of sp³-hybridized carbons (Fsp3) is 0. The summed E-state index contributed by atoms with van der Waals surface area (Å²) in [5.74, 6) is -2.39. The Balaban J connectivity index is 3.23. The molecule has 1 rings (SSSR count). The Morgan fingerprint density at radius 2 is 2.33 bits per heavy atom. The van der Waals surface area contributed by atoms with Gasteiger partial charge in [0.2, 0.25) is 0 Å². The number of carboxylic acid groups (broad SMARTS) is 1. The van der Waals surface area contributed by atoms with Crippen molar-refractivity contribution in [2.24, 2.45) is 10.7 Å². The second-order valence-corrected chi connectivity index (χ2v) is 3.34. The van der Waals surface area contributed by atoms with Gasteiger partial charge in [0.25, 0.3) is 0 Å². The van der Waals surface area contributed by atoms with Crippen molar-refractivity contribution in [1.82, 2.24) is 4.98 Å². The van der Waals surface area contributed by atoms with Gasteiger partial charge in [0.05, 0.1) is 11.1 Å². The topological polar surface area (TPSA) is 132 Å². The van der Waals surface area contributed by atoms with Crippen LogP contribution in [0.5, 0.6) is 0 Å². The summed E-state index contributed by atoms with van der Waals surface area (Å²) in [6.07, 6.45) is 1.97. The maximum Gasteiger partial charge on any atom is 0.354 e. The first-order valence-corrected chi connectivity index (χ1v) is 4.83. The van der Waals surface area contributed by atoms with E-state index in [1.807, 2.05) is 0 Å². The zero-order valence-corrected chi connectivity index (χ0v) is 9.53. The van der Waals surface area contributed by atoms with E-state index in [-0.39, 0.29) is 10.8 Å². The predicted molar refractivity (Wildman–Crippen MR) is 63.2 cm³/mol. The molecule has 1 heterocycles. The maximum absolute atomic E-state index is 10.8. The van der Waals surface area contributed by atoms with Crippen LogP contribution in [0, 0.1) is 10.1 Å². The SMILES string of the molecule is N/C(=C\C(=N\c1ncccc1Cl)C(=O)O)[N+](=O)[O-]. The molecule has 8 nitrogen and oxygen atoms in total. The Morgan fingerprint density at radius 1 is 1.67 bits per heavy atom. The molecule has 3 N–H and O–H groups in total. The molecule has 1 aromatic rings. The molecule has 0 aliphatic heterocycles. The first-order chi connectivity index (χ1) is 8.41. The van der Waals surface area contributed by atoms with Gasteiger partial charge in [-0.2, -0.15) is 0 Å². The molecule has 0 aromatic carbocycles. The average Bonchev–Trinajstić information content (AvgIpc) is 2.30. The van der Waals surface area contributed by atoms with Gasteiger partial charge in [0.15, 0.2) is 11.5 Å². The lowest BCUT2D eigenvalue weighted by molar-refractivity contribution is -0.426. The standard InChI is InChI=1S/C9H7ClN4O4/c10-5-2-1-3-12-8(5)13-6(9(15)16)4-7(11)14(17)18/h1-4H,11H2,(H,15,16)/b7-4+,13-6-. The van der Waals surface area contributed by atoms with Crippen molar-refractivity contribution < 1.29 is 14.8 Å². The van der Waals surface area contributed by atoms with Crippen molar-refractivity contribution >= 4 is 29.1 Å². The zero-order chi connectivity index (χ0) is 13.7. The van der Waals surface area contributed by atoms with Gasteiger partial charge in [-0.15, -0.1) is 0 Å². The summed E-state index contributed by atoms with van der Waals surface area (Å²) in [6.45, 7) is 0. The number of pyridine rings is 1. The minimum Gasteiger partial charge on any atom is -0.477 e. The van der Waals surface area contributed by atoms with E-state index < -0.39 is 22.4 Å². The third-order valence-electron chi connectivity index (χ3n) is 1.68. The lowest BCUT2D eigenvalue weighted by Gasteiger charge is -1.98. The maximum atomic E-state index is 10.8. The van der Waals surface area contributed by atoms with E-state index >= 15 is 0 Å². The Bertz CT molecular complexity index is 555. The van der Waals surface area contributed by atoms with Crippen LogP contribution in [-0.4, -0.2) is 26.7 Å². The number of nitro groups is 1. The van der Waals surface area contributed by atoms with Gasteiger partial charge >= 0.3 is 11.8 Å². The number of aliphatic carboxylic acids is 1. The van der Waals surface area contributed by atoms with Crippen molar-refractivity contribution in [2.75, 3.05) is 0 Å². The number of hydrogen-bond acceptors (Lipinski definition) is 6. The number of halogens is 1. The fourth-order valence-electron chi connectivity index (χ4n) is 0.908. The Morgan fingerprint density at radius 3 is 2.83 bits per heavy atom. The molecule has 9 heteroatoms. The number of aromatic nitrogens is 1. The van der Waals surface area contributed by atoms with Crippen molar-refractivity contribution in [3.05, 3.63) is 45.4 Å². The number of nitrogens with two attached hydrogens (primary N) is 1. The Kier molecular flexibility index (Phi) is 4.33. The summed E-state index contributed by atoms with van der Waals surface area (Å²) in [5.41, 5.74) is 4.38. The van der Waals surface area contributed by atoms with Crippen LogP contribution in [0.15, 0.2) is 35.2 Å². The number of nitrogens with zero attached hydrogens (tertiary/aromatic N) is 3.